The van der Waals surface area contributed by atoms with E-state index in [1.165, 1.54) is 32.1 Å². The molecule has 0 bridgehead atoms. The summed E-state index contributed by atoms with van der Waals surface area (Å²) in [6.07, 6.45) is 12.7. The van der Waals surface area contributed by atoms with Gasteiger partial charge in [-0.25, -0.2) is 4.39 Å². The number of aliphatic hydroxyl groups is 1. The minimum Gasteiger partial charge on any atom is -0.508 e. The molecule has 0 aliphatic heterocycles. The zero-order valence-corrected chi connectivity index (χ0v) is 24.8. The number of carbonyl (C=O) groups is 1. The lowest BCUT2D eigenvalue weighted by molar-refractivity contribution is -0.132. The van der Waals surface area contributed by atoms with Crippen molar-refractivity contribution >= 4 is 5.91 Å². The van der Waals surface area contributed by atoms with Gasteiger partial charge in [0.2, 0.25) is 5.91 Å². The average molecular weight is 558 g/mol. The van der Waals surface area contributed by atoms with Crippen molar-refractivity contribution in [2.24, 2.45) is 29.1 Å². The second-order valence-corrected chi connectivity index (χ2v) is 13.8. The number of halogens is 1. The normalized spacial score (nSPS) is 33.7. The fourth-order valence-corrected chi connectivity index (χ4v) is 9.27. The van der Waals surface area contributed by atoms with E-state index in [0.717, 1.165) is 62.6 Å². The highest BCUT2D eigenvalue weighted by Crippen LogP contribution is 2.63. The van der Waals surface area contributed by atoms with E-state index in [1.54, 1.807) is 13.2 Å². The van der Waals surface area contributed by atoms with Gasteiger partial charge < -0.3 is 19.8 Å². The van der Waals surface area contributed by atoms with Crippen LogP contribution in [0.4, 0.5) is 4.39 Å². The van der Waals surface area contributed by atoms with Crippen LogP contribution in [0, 0.1) is 29.1 Å². The minimum atomic E-state index is -0.976. The number of hydrogen-bond donors (Lipinski definition) is 2. The maximum absolute atomic E-state index is 16.0. The van der Waals surface area contributed by atoms with E-state index < -0.39 is 12.3 Å². The summed E-state index contributed by atoms with van der Waals surface area (Å²) in [5, 5.41) is 21.1. The molecule has 1 amide bonds. The van der Waals surface area contributed by atoms with Crippen molar-refractivity contribution in [2.75, 3.05) is 26.8 Å². The second-order valence-electron chi connectivity index (χ2n) is 13.8. The molecule has 5 nitrogen and oxygen atoms in total. The summed E-state index contributed by atoms with van der Waals surface area (Å²) in [6, 6.07) is 5.51. The van der Waals surface area contributed by atoms with Crippen molar-refractivity contribution in [3.05, 3.63) is 29.3 Å². The lowest BCUT2D eigenvalue weighted by Crippen LogP contribution is -2.51. The summed E-state index contributed by atoms with van der Waals surface area (Å²) in [4.78, 5) is 15.2. The molecule has 4 aliphatic carbocycles. The van der Waals surface area contributed by atoms with E-state index >= 15 is 4.39 Å². The van der Waals surface area contributed by atoms with Gasteiger partial charge in [-0.1, -0.05) is 51.5 Å². The smallest absolute Gasteiger partial charge is 0.222 e. The number of rotatable bonds is 11. The monoisotopic (exact) mass is 557 g/mol. The Labute approximate surface area is 240 Å². The van der Waals surface area contributed by atoms with Crippen LogP contribution in [0.25, 0.3) is 0 Å². The first-order chi connectivity index (χ1) is 19.3. The molecule has 0 saturated heterocycles. The number of nitrogens with zero attached hydrogens (tertiary/aromatic N) is 1. The van der Waals surface area contributed by atoms with Crippen LogP contribution in [-0.4, -0.2) is 60.1 Å². The average Bonchev–Trinajstić information content (AvgIpc) is 3.24. The molecule has 3 fully saturated rings. The van der Waals surface area contributed by atoms with E-state index in [1.807, 2.05) is 17.0 Å². The number of ether oxygens (including phenoxy) is 1. The van der Waals surface area contributed by atoms with Gasteiger partial charge >= 0.3 is 0 Å². The number of fused-ring (bicyclic) bond motifs is 5. The second kappa shape index (κ2) is 13.1. The number of aliphatic hydroxyl groups excluding tert-OH is 1. The topological polar surface area (TPSA) is 70.0 Å². The molecular weight excluding hydrogens is 505 g/mol. The molecular formula is C34H52FNO4. The number of hydrogen-bond acceptors (Lipinski definition) is 4. The van der Waals surface area contributed by atoms with Crippen molar-refractivity contribution in [1.29, 1.82) is 0 Å². The SMILES string of the molecule is COCCN(CCCC[C@@H]1Cc2cc(O)ccc2[C@@H]2[C@@H]1[C@@H]1CC[C@H](O)[C@@]1(C)C[C@@H]2F)C(=O)CCC1CCCCC1. The van der Waals surface area contributed by atoms with Crippen molar-refractivity contribution in [3.8, 4) is 5.75 Å². The first-order valence-electron chi connectivity index (χ1n) is 16.2. The van der Waals surface area contributed by atoms with Gasteiger partial charge in [-0.05, 0) is 97.3 Å². The fourth-order valence-electron chi connectivity index (χ4n) is 9.27. The Kier molecular flexibility index (Phi) is 9.77. The number of benzene rings is 1. The van der Waals surface area contributed by atoms with E-state index in [2.05, 4.69) is 6.92 Å². The lowest BCUT2D eigenvalue weighted by atomic mass is 9.51. The van der Waals surface area contributed by atoms with Gasteiger partial charge in [0.25, 0.3) is 0 Å². The fraction of sp³-hybridized carbons (Fsp3) is 0.794. The molecule has 4 aliphatic rings. The number of unbranched alkanes of at least 4 members (excludes halogenated alkanes) is 1. The molecule has 0 heterocycles. The van der Waals surface area contributed by atoms with Crippen LogP contribution in [0.2, 0.25) is 0 Å². The number of amides is 1. The van der Waals surface area contributed by atoms with E-state index in [9.17, 15) is 15.0 Å². The van der Waals surface area contributed by atoms with Crippen molar-refractivity contribution < 1.29 is 24.1 Å². The van der Waals surface area contributed by atoms with E-state index in [0.29, 0.717) is 43.7 Å². The van der Waals surface area contributed by atoms with Crippen LogP contribution in [0.5, 0.6) is 5.75 Å². The maximum atomic E-state index is 16.0. The molecule has 0 aromatic heterocycles. The molecule has 2 N–H and O–H groups in total. The lowest BCUT2D eigenvalue weighted by Gasteiger charge is -2.54. The first-order valence-corrected chi connectivity index (χ1v) is 16.2. The molecule has 1 aromatic carbocycles. The largest absolute Gasteiger partial charge is 0.508 e. The molecule has 40 heavy (non-hydrogen) atoms. The Morgan fingerprint density at radius 2 is 1.90 bits per heavy atom. The summed E-state index contributed by atoms with van der Waals surface area (Å²) in [5.74, 6) is 1.92. The van der Waals surface area contributed by atoms with Gasteiger partial charge in [-0.2, -0.15) is 0 Å². The summed E-state index contributed by atoms with van der Waals surface area (Å²) in [6.45, 7) is 4.07. The first kappa shape index (κ1) is 29.8. The summed E-state index contributed by atoms with van der Waals surface area (Å²) in [7, 11) is 1.69. The van der Waals surface area contributed by atoms with Gasteiger partial charge in [0.15, 0.2) is 0 Å². The molecule has 0 radical (unpaired) electrons. The standard InChI is InChI=1S/C34H52FNO4/c1-34-22-29(35)33-27-13-12-26(37)21-25(27)20-24(32(33)28(34)14-15-30(34)38)10-6-7-17-36(18-19-40-2)31(39)16-11-23-8-4-3-5-9-23/h12-13,21,23-24,28-30,32-33,37-38H,3-11,14-20,22H2,1-2H3/t24-,28+,29+,30+,32+,33+,34+/m1/s1. The van der Waals surface area contributed by atoms with E-state index in [4.69, 9.17) is 4.74 Å². The Morgan fingerprint density at radius 1 is 1.10 bits per heavy atom. The van der Waals surface area contributed by atoms with Crippen LogP contribution in [0.3, 0.4) is 0 Å². The van der Waals surface area contributed by atoms with Crippen molar-refractivity contribution in [2.45, 2.75) is 115 Å². The summed E-state index contributed by atoms with van der Waals surface area (Å²) in [5.41, 5.74) is 1.81. The summed E-state index contributed by atoms with van der Waals surface area (Å²) < 4.78 is 21.3. The van der Waals surface area contributed by atoms with Gasteiger partial charge in [-0.15, -0.1) is 0 Å². The van der Waals surface area contributed by atoms with Crippen molar-refractivity contribution in [3.63, 3.8) is 0 Å². The van der Waals surface area contributed by atoms with Gasteiger partial charge in [0.1, 0.15) is 11.9 Å². The third-order valence-electron chi connectivity index (χ3n) is 11.4. The molecule has 1 aromatic rings. The Bertz CT molecular complexity index is 996. The third-order valence-corrected chi connectivity index (χ3v) is 11.4. The summed E-state index contributed by atoms with van der Waals surface area (Å²) >= 11 is 0. The zero-order valence-electron chi connectivity index (χ0n) is 24.8. The molecule has 3 saturated carbocycles. The maximum Gasteiger partial charge on any atom is 0.222 e. The number of phenolic OH excluding ortho intramolecular Hbond substituents is 1. The Balaban J connectivity index is 1.23. The van der Waals surface area contributed by atoms with Gasteiger partial charge in [0, 0.05) is 32.5 Å². The molecule has 6 heteroatoms. The third kappa shape index (κ3) is 6.23. The van der Waals surface area contributed by atoms with Crippen LogP contribution in [0.1, 0.15) is 107 Å². The van der Waals surface area contributed by atoms with Crippen LogP contribution in [0.15, 0.2) is 18.2 Å². The van der Waals surface area contributed by atoms with Gasteiger partial charge in [-0.3, -0.25) is 4.79 Å². The zero-order chi connectivity index (χ0) is 28.3. The van der Waals surface area contributed by atoms with Crippen LogP contribution >= 0.6 is 0 Å². The number of carbonyl (C=O) groups excluding carboxylic acids is 1. The van der Waals surface area contributed by atoms with Gasteiger partial charge in [0.05, 0.1) is 12.7 Å². The highest BCUT2D eigenvalue weighted by molar-refractivity contribution is 5.76. The number of alkyl halides is 1. The van der Waals surface area contributed by atoms with E-state index in [-0.39, 0.29) is 28.9 Å². The number of methoxy groups -OCH3 is 1. The number of aromatic hydroxyl groups is 1. The van der Waals surface area contributed by atoms with Crippen LogP contribution in [-0.2, 0) is 16.0 Å². The minimum absolute atomic E-state index is 0.155. The molecule has 0 spiro atoms. The highest BCUT2D eigenvalue weighted by atomic mass is 19.1. The molecule has 224 valence electrons. The highest BCUT2D eigenvalue weighted by Gasteiger charge is 2.59. The predicted molar refractivity (Wildman–Crippen MR) is 156 cm³/mol. The molecule has 5 rings (SSSR count). The molecule has 0 unspecified atom stereocenters. The predicted octanol–water partition coefficient (Wildman–Crippen LogP) is 6.79. The molecule has 7 atom stereocenters. The van der Waals surface area contributed by atoms with Crippen LogP contribution < -0.4 is 0 Å². The van der Waals surface area contributed by atoms with Crippen molar-refractivity contribution in [1.82, 2.24) is 4.90 Å². The number of phenols is 1. The Hall–Kier alpha value is -1.66. The quantitative estimate of drug-likeness (QED) is 0.294. The Morgan fingerprint density at radius 3 is 2.67 bits per heavy atom.